The zero-order chi connectivity index (χ0) is 14.3. The molecule has 2 aromatic heterocycles. The average molecular weight is 288 g/mol. The van der Waals surface area contributed by atoms with E-state index in [2.05, 4.69) is 15.2 Å². The van der Waals surface area contributed by atoms with Crippen molar-refractivity contribution in [2.75, 3.05) is 5.73 Å². The van der Waals surface area contributed by atoms with Gasteiger partial charge in [-0.3, -0.25) is 9.89 Å². The molecule has 1 amide bonds. The van der Waals surface area contributed by atoms with Crippen molar-refractivity contribution in [1.29, 1.82) is 0 Å². The Kier molecular flexibility index (Phi) is 2.80. The number of hydrogen-bond acceptors (Lipinski definition) is 4. The van der Waals surface area contributed by atoms with E-state index in [0.29, 0.717) is 5.56 Å². The van der Waals surface area contributed by atoms with Crippen LogP contribution in [0.15, 0.2) is 30.5 Å². The first-order valence-electron chi connectivity index (χ1n) is 5.76. The zero-order valence-corrected chi connectivity index (χ0v) is 11.0. The SMILES string of the molecule is NC(=O)c1nc(Cl)cc(-c2cccc3[nH]ncc23)c1N. The van der Waals surface area contributed by atoms with Crippen LogP contribution in [0.25, 0.3) is 22.0 Å². The Morgan fingerprint density at radius 2 is 2.10 bits per heavy atom. The quantitative estimate of drug-likeness (QED) is 0.626. The van der Waals surface area contributed by atoms with Gasteiger partial charge in [-0.1, -0.05) is 23.7 Å². The fourth-order valence-electron chi connectivity index (χ4n) is 2.14. The van der Waals surface area contributed by atoms with Crippen molar-refractivity contribution in [3.05, 3.63) is 41.3 Å². The highest BCUT2D eigenvalue weighted by molar-refractivity contribution is 6.30. The van der Waals surface area contributed by atoms with Gasteiger partial charge in [-0.2, -0.15) is 5.10 Å². The van der Waals surface area contributed by atoms with Gasteiger partial charge in [0, 0.05) is 10.9 Å². The minimum Gasteiger partial charge on any atom is -0.396 e. The van der Waals surface area contributed by atoms with E-state index >= 15 is 0 Å². The highest BCUT2D eigenvalue weighted by Crippen LogP contribution is 2.34. The molecule has 20 heavy (non-hydrogen) atoms. The van der Waals surface area contributed by atoms with Crippen molar-refractivity contribution in [3.8, 4) is 11.1 Å². The Labute approximate surface area is 118 Å². The van der Waals surface area contributed by atoms with Crippen molar-refractivity contribution >= 4 is 34.1 Å². The Bertz CT molecular complexity index is 827. The predicted molar refractivity (Wildman–Crippen MR) is 77.3 cm³/mol. The van der Waals surface area contributed by atoms with Crippen LogP contribution >= 0.6 is 11.6 Å². The lowest BCUT2D eigenvalue weighted by atomic mass is 10.0. The molecule has 0 unspecified atom stereocenters. The first-order valence-corrected chi connectivity index (χ1v) is 6.14. The van der Waals surface area contributed by atoms with Crippen LogP contribution in [-0.4, -0.2) is 21.1 Å². The highest BCUT2D eigenvalue weighted by atomic mass is 35.5. The number of carbonyl (C=O) groups is 1. The Morgan fingerprint density at radius 3 is 2.85 bits per heavy atom. The Balaban J connectivity index is 2.34. The summed E-state index contributed by atoms with van der Waals surface area (Å²) in [6.45, 7) is 0. The van der Waals surface area contributed by atoms with E-state index in [1.165, 1.54) is 0 Å². The van der Waals surface area contributed by atoms with Crippen molar-refractivity contribution in [2.24, 2.45) is 5.73 Å². The molecule has 0 saturated carbocycles. The third kappa shape index (κ3) is 1.86. The van der Waals surface area contributed by atoms with Crippen LogP contribution in [0.3, 0.4) is 0 Å². The molecule has 5 N–H and O–H groups in total. The van der Waals surface area contributed by atoms with Crippen molar-refractivity contribution in [3.63, 3.8) is 0 Å². The van der Waals surface area contributed by atoms with Crippen LogP contribution < -0.4 is 11.5 Å². The molecule has 0 aliphatic rings. The number of rotatable bonds is 2. The van der Waals surface area contributed by atoms with E-state index in [1.54, 1.807) is 12.3 Å². The molecule has 6 nitrogen and oxygen atoms in total. The van der Waals surface area contributed by atoms with E-state index in [4.69, 9.17) is 23.1 Å². The van der Waals surface area contributed by atoms with Gasteiger partial charge in [0.15, 0.2) is 5.69 Å². The minimum atomic E-state index is -0.717. The summed E-state index contributed by atoms with van der Waals surface area (Å²) in [5.41, 5.74) is 13.7. The van der Waals surface area contributed by atoms with Gasteiger partial charge in [0.05, 0.1) is 17.4 Å². The predicted octanol–water partition coefficient (Wildman–Crippen LogP) is 1.96. The number of primary amides is 1. The second-order valence-electron chi connectivity index (χ2n) is 4.26. The number of halogens is 1. The number of nitrogens with two attached hydrogens (primary N) is 2. The summed E-state index contributed by atoms with van der Waals surface area (Å²) >= 11 is 5.94. The Morgan fingerprint density at radius 1 is 1.30 bits per heavy atom. The van der Waals surface area contributed by atoms with E-state index < -0.39 is 5.91 Å². The number of nitrogens with one attached hydrogen (secondary N) is 1. The summed E-state index contributed by atoms with van der Waals surface area (Å²) in [6.07, 6.45) is 1.68. The number of H-pyrrole nitrogens is 1. The van der Waals surface area contributed by atoms with Gasteiger partial charge in [0.25, 0.3) is 5.91 Å². The fraction of sp³-hybridized carbons (Fsp3) is 0. The molecule has 3 aromatic rings. The molecule has 0 aliphatic heterocycles. The van der Waals surface area contributed by atoms with Gasteiger partial charge in [0.2, 0.25) is 0 Å². The van der Waals surface area contributed by atoms with Crippen molar-refractivity contribution in [2.45, 2.75) is 0 Å². The molecular formula is C13H10ClN5O. The van der Waals surface area contributed by atoms with Crippen LogP contribution in [0.5, 0.6) is 0 Å². The largest absolute Gasteiger partial charge is 0.396 e. The maximum atomic E-state index is 11.4. The molecule has 0 atom stereocenters. The van der Waals surface area contributed by atoms with Crippen molar-refractivity contribution in [1.82, 2.24) is 15.2 Å². The summed E-state index contributed by atoms with van der Waals surface area (Å²) in [5, 5.41) is 7.89. The van der Waals surface area contributed by atoms with E-state index in [-0.39, 0.29) is 16.5 Å². The molecule has 0 fully saturated rings. The molecule has 100 valence electrons. The average Bonchev–Trinajstić information content (AvgIpc) is 2.89. The zero-order valence-electron chi connectivity index (χ0n) is 10.2. The maximum Gasteiger partial charge on any atom is 0.269 e. The number of pyridine rings is 1. The monoisotopic (exact) mass is 287 g/mol. The van der Waals surface area contributed by atoms with Gasteiger partial charge in [0.1, 0.15) is 5.15 Å². The lowest BCUT2D eigenvalue weighted by Gasteiger charge is -2.10. The lowest BCUT2D eigenvalue weighted by Crippen LogP contribution is -2.16. The van der Waals surface area contributed by atoms with Crippen molar-refractivity contribution < 1.29 is 4.79 Å². The molecule has 0 saturated heterocycles. The molecular weight excluding hydrogens is 278 g/mol. The van der Waals surface area contributed by atoms with Crippen LogP contribution in [0.2, 0.25) is 5.15 Å². The normalized spacial score (nSPS) is 10.8. The van der Waals surface area contributed by atoms with E-state index in [1.807, 2.05) is 18.2 Å². The molecule has 2 heterocycles. The van der Waals surface area contributed by atoms with E-state index in [9.17, 15) is 4.79 Å². The highest BCUT2D eigenvalue weighted by Gasteiger charge is 2.16. The molecule has 7 heteroatoms. The summed E-state index contributed by atoms with van der Waals surface area (Å²) in [7, 11) is 0. The first kappa shape index (κ1) is 12.4. The summed E-state index contributed by atoms with van der Waals surface area (Å²) < 4.78 is 0. The smallest absolute Gasteiger partial charge is 0.269 e. The van der Waals surface area contributed by atoms with Gasteiger partial charge >= 0.3 is 0 Å². The number of fused-ring (bicyclic) bond motifs is 1. The number of anilines is 1. The molecule has 3 rings (SSSR count). The van der Waals surface area contributed by atoms with Gasteiger partial charge in [-0.15, -0.1) is 0 Å². The molecule has 0 bridgehead atoms. The number of nitrogen functional groups attached to an aromatic ring is 1. The summed E-state index contributed by atoms with van der Waals surface area (Å²) in [4.78, 5) is 15.2. The lowest BCUT2D eigenvalue weighted by molar-refractivity contribution is 0.0996. The first-order chi connectivity index (χ1) is 9.58. The van der Waals surface area contributed by atoms with Crippen LogP contribution in [0.1, 0.15) is 10.5 Å². The maximum absolute atomic E-state index is 11.4. The third-order valence-corrected chi connectivity index (χ3v) is 3.23. The minimum absolute atomic E-state index is 0.0343. The van der Waals surface area contributed by atoms with Crippen LogP contribution in [0, 0.1) is 0 Å². The summed E-state index contributed by atoms with van der Waals surface area (Å²) in [5.74, 6) is -0.717. The fourth-order valence-corrected chi connectivity index (χ4v) is 2.33. The standard InChI is InChI=1S/C13H10ClN5O/c14-10-4-7(11(15)12(18-10)13(16)20)6-2-1-3-9-8(6)5-17-19-9/h1-5H,15H2,(H2,16,20)(H,17,19). The molecule has 0 aliphatic carbocycles. The number of nitrogens with zero attached hydrogens (tertiary/aromatic N) is 2. The number of aromatic amines is 1. The number of aromatic nitrogens is 3. The second kappa shape index (κ2) is 4.50. The van der Waals surface area contributed by atoms with Crippen LogP contribution in [-0.2, 0) is 0 Å². The topological polar surface area (TPSA) is 111 Å². The molecule has 0 spiro atoms. The van der Waals surface area contributed by atoms with Gasteiger partial charge in [-0.25, -0.2) is 4.98 Å². The molecule has 0 radical (unpaired) electrons. The van der Waals surface area contributed by atoms with Gasteiger partial charge < -0.3 is 11.5 Å². The third-order valence-electron chi connectivity index (χ3n) is 3.04. The van der Waals surface area contributed by atoms with E-state index in [0.717, 1.165) is 16.5 Å². The molecule has 1 aromatic carbocycles. The number of carbonyl (C=O) groups excluding carboxylic acids is 1. The number of benzene rings is 1. The van der Waals surface area contributed by atoms with Gasteiger partial charge in [-0.05, 0) is 17.7 Å². The van der Waals surface area contributed by atoms with Crippen LogP contribution in [0.4, 0.5) is 5.69 Å². The number of hydrogen-bond donors (Lipinski definition) is 3. The summed E-state index contributed by atoms with van der Waals surface area (Å²) in [6, 6.07) is 7.21. The number of amides is 1. The Hall–Kier alpha value is -2.60. The second-order valence-corrected chi connectivity index (χ2v) is 4.64.